The van der Waals surface area contributed by atoms with E-state index >= 15 is 0 Å². The Labute approximate surface area is 133 Å². The van der Waals surface area contributed by atoms with Crippen molar-refractivity contribution in [3.05, 3.63) is 70.6 Å². The van der Waals surface area contributed by atoms with Crippen LogP contribution in [0.4, 0.5) is 0 Å². The first-order chi connectivity index (χ1) is 10.2. The summed E-state index contributed by atoms with van der Waals surface area (Å²) < 4.78 is 24.5. The smallest absolute Gasteiger partial charge is 0.199 e. The van der Waals surface area contributed by atoms with Gasteiger partial charge in [0.2, 0.25) is 0 Å². The lowest BCUT2D eigenvalue weighted by Gasteiger charge is -2.18. The maximum Gasteiger partial charge on any atom is 0.199 e. The molecule has 0 unspecified atom stereocenters. The first-order valence-electron chi connectivity index (χ1n) is 7.29. The zero-order valence-electron chi connectivity index (χ0n) is 13.5. The molecule has 22 heavy (non-hydrogen) atoms. The molecule has 0 fully saturated rings. The topological polar surface area (TPSA) is 34.1 Å². The average molecular weight is 314 g/mol. The predicted octanol–water partition coefficient (Wildman–Crippen LogP) is 4.74. The van der Waals surface area contributed by atoms with Crippen molar-refractivity contribution in [1.82, 2.24) is 0 Å². The zero-order chi connectivity index (χ0) is 16.4. The maximum atomic E-state index is 12.3. The molecule has 0 bridgehead atoms. The van der Waals surface area contributed by atoms with E-state index in [0.29, 0.717) is 4.90 Å². The minimum atomic E-state index is -3.39. The number of sulfone groups is 1. The maximum absolute atomic E-state index is 12.3. The summed E-state index contributed by atoms with van der Waals surface area (Å²) in [5, 5.41) is 1.27. The van der Waals surface area contributed by atoms with Gasteiger partial charge < -0.3 is 0 Å². The zero-order valence-corrected chi connectivity index (χ0v) is 14.3. The van der Waals surface area contributed by atoms with Gasteiger partial charge in [-0.15, -0.1) is 0 Å². The van der Waals surface area contributed by atoms with Crippen molar-refractivity contribution in [2.45, 2.75) is 38.0 Å². The Morgan fingerprint density at radius 2 is 1.41 bits per heavy atom. The third-order valence-corrected chi connectivity index (χ3v) is 4.99. The molecule has 0 aliphatic carbocycles. The highest BCUT2D eigenvalue weighted by Crippen LogP contribution is 2.23. The van der Waals surface area contributed by atoms with Gasteiger partial charge in [0.1, 0.15) is 0 Å². The molecular weight excluding hydrogens is 292 g/mol. The van der Waals surface area contributed by atoms with Crippen molar-refractivity contribution in [2.24, 2.45) is 0 Å². The van der Waals surface area contributed by atoms with Crippen LogP contribution in [0.3, 0.4) is 0 Å². The van der Waals surface area contributed by atoms with Crippen LogP contribution in [-0.4, -0.2) is 8.42 Å². The summed E-state index contributed by atoms with van der Waals surface area (Å²) in [5.41, 5.74) is 3.24. The normalized spacial score (nSPS) is 12.7. The van der Waals surface area contributed by atoms with Crippen molar-refractivity contribution in [3.8, 4) is 0 Å². The van der Waals surface area contributed by atoms with Crippen molar-refractivity contribution < 1.29 is 8.42 Å². The summed E-state index contributed by atoms with van der Waals surface area (Å²) in [6.45, 7) is 8.39. The molecule has 0 aliphatic heterocycles. The number of hydrogen-bond acceptors (Lipinski definition) is 2. The van der Waals surface area contributed by atoms with Crippen molar-refractivity contribution >= 4 is 15.9 Å². The van der Waals surface area contributed by atoms with Gasteiger partial charge in [-0.2, -0.15) is 0 Å². The van der Waals surface area contributed by atoms with Gasteiger partial charge >= 0.3 is 0 Å². The van der Waals surface area contributed by atoms with Crippen LogP contribution in [0.25, 0.3) is 6.08 Å². The van der Waals surface area contributed by atoms with Crippen molar-refractivity contribution in [2.75, 3.05) is 0 Å². The molecule has 0 heterocycles. The Morgan fingerprint density at radius 3 is 1.91 bits per heavy atom. The first-order valence-corrected chi connectivity index (χ1v) is 8.83. The molecule has 0 spiro atoms. The second-order valence-electron chi connectivity index (χ2n) is 6.53. The summed E-state index contributed by atoms with van der Waals surface area (Å²) in [5.74, 6) is 0. The summed E-state index contributed by atoms with van der Waals surface area (Å²) in [6.07, 6.45) is 1.64. The molecule has 0 N–H and O–H groups in total. The van der Waals surface area contributed by atoms with E-state index in [1.54, 1.807) is 30.3 Å². The molecule has 2 aromatic rings. The van der Waals surface area contributed by atoms with Crippen LogP contribution >= 0.6 is 0 Å². The number of hydrogen-bond donors (Lipinski definition) is 0. The SMILES string of the molecule is Cc1ccc(S(=O)(=O)C=Cc2ccc(C(C)(C)C)cc2)cc1. The van der Waals surface area contributed by atoms with Crippen molar-refractivity contribution in [3.63, 3.8) is 0 Å². The number of rotatable bonds is 3. The van der Waals surface area contributed by atoms with E-state index in [4.69, 9.17) is 0 Å². The van der Waals surface area contributed by atoms with Gasteiger partial charge in [0, 0.05) is 5.41 Å². The molecule has 0 saturated heterocycles. The largest absolute Gasteiger partial charge is 0.219 e. The fourth-order valence-electron chi connectivity index (χ4n) is 2.07. The minimum Gasteiger partial charge on any atom is -0.219 e. The summed E-state index contributed by atoms with van der Waals surface area (Å²) >= 11 is 0. The van der Waals surface area contributed by atoms with Gasteiger partial charge in [-0.05, 0) is 41.7 Å². The molecular formula is C19H22O2S. The Morgan fingerprint density at radius 1 is 0.864 bits per heavy atom. The van der Waals surface area contributed by atoms with E-state index in [1.807, 2.05) is 31.2 Å². The summed E-state index contributed by atoms with van der Waals surface area (Å²) in [4.78, 5) is 0.320. The second kappa shape index (κ2) is 6.09. The minimum absolute atomic E-state index is 0.0935. The summed E-state index contributed by atoms with van der Waals surface area (Å²) in [7, 11) is -3.39. The Hall–Kier alpha value is -1.87. The predicted molar refractivity (Wildman–Crippen MR) is 92.5 cm³/mol. The van der Waals surface area contributed by atoms with Gasteiger partial charge in [0.25, 0.3) is 0 Å². The Balaban J connectivity index is 2.22. The van der Waals surface area contributed by atoms with Crippen molar-refractivity contribution in [1.29, 1.82) is 0 Å². The van der Waals surface area contributed by atoms with Gasteiger partial charge in [0.05, 0.1) is 4.90 Å². The van der Waals surface area contributed by atoms with Gasteiger partial charge in [-0.1, -0.05) is 62.7 Å². The average Bonchev–Trinajstić information content (AvgIpc) is 2.45. The van der Waals surface area contributed by atoms with Crippen LogP contribution < -0.4 is 0 Å². The van der Waals surface area contributed by atoms with Gasteiger partial charge in [-0.3, -0.25) is 0 Å². The third kappa shape index (κ3) is 4.08. The molecule has 2 nitrogen and oxygen atoms in total. The molecule has 0 aromatic heterocycles. The standard InChI is InChI=1S/C19H22O2S/c1-15-5-11-18(12-6-15)22(20,21)14-13-16-7-9-17(10-8-16)19(2,3)4/h5-14H,1-4H3. The highest BCUT2D eigenvalue weighted by molar-refractivity contribution is 7.94. The third-order valence-electron chi connectivity index (χ3n) is 3.57. The quantitative estimate of drug-likeness (QED) is 0.820. The van der Waals surface area contributed by atoms with Crippen LogP contribution in [0, 0.1) is 6.92 Å². The van der Waals surface area contributed by atoms with Crippen LogP contribution in [-0.2, 0) is 15.3 Å². The highest BCUT2D eigenvalue weighted by atomic mass is 32.2. The lowest BCUT2D eigenvalue weighted by atomic mass is 9.87. The fourth-order valence-corrected chi connectivity index (χ4v) is 3.08. The Bertz CT molecular complexity index is 760. The second-order valence-corrected chi connectivity index (χ2v) is 8.37. The van der Waals surface area contributed by atoms with Crippen LogP contribution in [0.2, 0.25) is 0 Å². The molecule has 0 amide bonds. The van der Waals surface area contributed by atoms with E-state index < -0.39 is 9.84 Å². The van der Waals surface area contributed by atoms with E-state index in [9.17, 15) is 8.42 Å². The van der Waals surface area contributed by atoms with Crippen LogP contribution in [0.5, 0.6) is 0 Å². The summed E-state index contributed by atoms with van der Waals surface area (Å²) in [6, 6.07) is 14.9. The van der Waals surface area contributed by atoms with E-state index in [-0.39, 0.29) is 5.41 Å². The molecule has 0 radical (unpaired) electrons. The van der Waals surface area contributed by atoms with E-state index in [1.165, 1.54) is 11.0 Å². The number of aryl methyl sites for hydroxylation is 1. The van der Waals surface area contributed by atoms with Crippen LogP contribution in [0.1, 0.15) is 37.5 Å². The lowest BCUT2D eigenvalue weighted by Crippen LogP contribution is -2.10. The van der Waals surface area contributed by atoms with Gasteiger partial charge in [-0.25, -0.2) is 8.42 Å². The Kier molecular flexibility index (Phi) is 4.57. The lowest BCUT2D eigenvalue weighted by molar-refractivity contribution is 0.590. The number of benzene rings is 2. The molecule has 0 saturated carbocycles. The molecule has 2 aromatic carbocycles. The van der Waals surface area contributed by atoms with E-state index in [2.05, 4.69) is 20.8 Å². The molecule has 0 aliphatic rings. The fraction of sp³-hybridized carbons (Fsp3) is 0.263. The monoisotopic (exact) mass is 314 g/mol. The van der Waals surface area contributed by atoms with Gasteiger partial charge in [0.15, 0.2) is 9.84 Å². The molecule has 3 heteroatoms. The molecule has 2 rings (SSSR count). The molecule has 0 atom stereocenters. The highest BCUT2D eigenvalue weighted by Gasteiger charge is 2.13. The molecule has 116 valence electrons. The van der Waals surface area contributed by atoms with E-state index in [0.717, 1.165) is 11.1 Å². The van der Waals surface area contributed by atoms with Crippen LogP contribution in [0.15, 0.2) is 58.8 Å². The first kappa shape index (κ1) is 16.5.